The topological polar surface area (TPSA) is 102 Å². The van der Waals surface area contributed by atoms with Crippen LogP contribution in [0.15, 0.2) is 60.9 Å². The van der Waals surface area contributed by atoms with E-state index in [1.165, 1.54) is 17.1 Å². The Kier molecular flexibility index (Phi) is 5.35. The van der Waals surface area contributed by atoms with Gasteiger partial charge >= 0.3 is 0 Å². The summed E-state index contributed by atoms with van der Waals surface area (Å²) in [5.41, 5.74) is 6.51. The van der Waals surface area contributed by atoms with Crippen LogP contribution in [0.25, 0.3) is 11.8 Å². The van der Waals surface area contributed by atoms with Gasteiger partial charge in [0.2, 0.25) is 0 Å². The van der Waals surface area contributed by atoms with E-state index < -0.39 is 11.8 Å². The van der Waals surface area contributed by atoms with Gasteiger partial charge < -0.3 is 0 Å². The van der Waals surface area contributed by atoms with Gasteiger partial charge in [0.05, 0.1) is 5.69 Å². The standard InChI is InChI=1S/C17H13ClN6O2/c18-14-3-1-2-12(10-14)4-9-16(25)20-21-17(26)13-5-7-15(8-6-13)24-11-19-22-23-24/h1-11H,(H,20,25)(H,21,26)/b9-4+. The summed E-state index contributed by atoms with van der Waals surface area (Å²) in [5, 5.41) is 11.4. The highest BCUT2D eigenvalue weighted by molar-refractivity contribution is 6.30. The molecule has 0 atom stereocenters. The molecule has 2 aromatic carbocycles. The number of carbonyl (C=O) groups excluding carboxylic acids is 2. The van der Waals surface area contributed by atoms with Crippen molar-refractivity contribution in [2.75, 3.05) is 0 Å². The molecule has 0 spiro atoms. The van der Waals surface area contributed by atoms with Crippen molar-refractivity contribution >= 4 is 29.5 Å². The molecule has 1 heterocycles. The van der Waals surface area contributed by atoms with Crippen molar-refractivity contribution in [1.29, 1.82) is 0 Å². The van der Waals surface area contributed by atoms with E-state index in [1.54, 1.807) is 54.6 Å². The zero-order chi connectivity index (χ0) is 18.4. The second kappa shape index (κ2) is 8.04. The third-order valence-electron chi connectivity index (χ3n) is 3.32. The molecule has 3 rings (SSSR count). The maximum absolute atomic E-state index is 12.1. The molecule has 130 valence electrons. The molecule has 26 heavy (non-hydrogen) atoms. The monoisotopic (exact) mass is 368 g/mol. The molecule has 0 aliphatic carbocycles. The Morgan fingerprint density at radius 1 is 1.08 bits per heavy atom. The summed E-state index contributed by atoms with van der Waals surface area (Å²) >= 11 is 5.87. The number of hydrogen-bond acceptors (Lipinski definition) is 5. The van der Waals surface area contributed by atoms with Crippen molar-refractivity contribution in [1.82, 2.24) is 31.1 Å². The minimum atomic E-state index is -0.469. The molecule has 0 aliphatic heterocycles. The molecule has 0 bridgehead atoms. The molecule has 1 aromatic heterocycles. The molecule has 3 aromatic rings. The largest absolute Gasteiger partial charge is 0.269 e. The summed E-state index contributed by atoms with van der Waals surface area (Å²) in [6.07, 6.45) is 4.34. The summed E-state index contributed by atoms with van der Waals surface area (Å²) in [6.45, 7) is 0. The second-order valence-electron chi connectivity index (χ2n) is 5.13. The van der Waals surface area contributed by atoms with Crippen molar-refractivity contribution < 1.29 is 9.59 Å². The molecule has 2 amide bonds. The van der Waals surface area contributed by atoms with Gasteiger partial charge in [0.15, 0.2) is 0 Å². The maximum Gasteiger partial charge on any atom is 0.269 e. The fourth-order valence-corrected chi connectivity index (χ4v) is 2.26. The van der Waals surface area contributed by atoms with Crippen molar-refractivity contribution in [3.63, 3.8) is 0 Å². The molecule has 0 fully saturated rings. The number of nitrogens with zero attached hydrogens (tertiary/aromatic N) is 4. The lowest BCUT2D eigenvalue weighted by Gasteiger charge is -2.06. The van der Waals surface area contributed by atoms with Crippen LogP contribution in [0, 0.1) is 0 Å². The van der Waals surface area contributed by atoms with Gasteiger partial charge in [-0.25, -0.2) is 4.68 Å². The van der Waals surface area contributed by atoms with E-state index in [0.29, 0.717) is 16.3 Å². The van der Waals surface area contributed by atoms with Crippen LogP contribution in [0.4, 0.5) is 0 Å². The van der Waals surface area contributed by atoms with Gasteiger partial charge in [-0.1, -0.05) is 23.7 Å². The van der Waals surface area contributed by atoms with E-state index in [1.807, 2.05) is 0 Å². The highest BCUT2D eigenvalue weighted by atomic mass is 35.5. The Balaban J connectivity index is 1.54. The summed E-state index contributed by atoms with van der Waals surface area (Å²) in [7, 11) is 0. The molecule has 0 aliphatic rings. The van der Waals surface area contributed by atoms with Crippen LogP contribution in [0.2, 0.25) is 5.02 Å². The van der Waals surface area contributed by atoms with Gasteiger partial charge in [-0.05, 0) is 58.5 Å². The van der Waals surface area contributed by atoms with Crippen molar-refractivity contribution in [2.24, 2.45) is 0 Å². The number of nitrogens with one attached hydrogen (secondary N) is 2. The summed E-state index contributed by atoms with van der Waals surface area (Å²) in [4.78, 5) is 23.8. The predicted molar refractivity (Wildman–Crippen MR) is 95.2 cm³/mol. The summed E-state index contributed by atoms with van der Waals surface area (Å²) in [6, 6.07) is 13.6. The first-order valence-corrected chi connectivity index (χ1v) is 7.87. The van der Waals surface area contributed by atoms with Crippen LogP contribution >= 0.6 is 11.6 Å². The lowest BCUT2D eigenvalue weighted by Crippen LogP contribution is -2.40. The second-order valence-corrected chi connectivity index (χ2v) is 5.57. The number of amides is 2. The number of rotatable bonds is 4. The molecular formula is C17H13ClN6O2. The fraction of sp³-hybridized carbons (Fsp3) is 0. The van der Waals surface area contributed by atoms with E-state index in [2.05, 4.69) is 26.4 Å². The molecule has 2 N–H and O–H groups in total. The molecule has 0 saturated carbocycles. The molecule has 0 radical (unpaired) electrons. The molecule has 8 nitrogen and oxygen atoms in total. The number of carbonyl (C=O) groups is 2. The fourth-order valence-electron chi connectivity index (χ4n) is 2.06. The first-order chi connectivity index (χ1) is 12.6. The van der Waals surface area contributed by atoms with Crippen molar-refractivity contribution in [2.45, 2.75) is 0 Å². The Morgan fingerprint density at radius 3 is 2.58 bits per heavy atom. The van der Waals surface area contributed by atoms with E-state index in [-0.39, 0.29) is 0 Å². The minimum absolute atomic E-state index is 0.376. The number of aromatic nitrogens is 4. The zero-order valence-electron chi connectivity index (χ0n) is 13.3. The van der Waals surface area contributed by atoms with Crippen molar-refractivity contribution in [3.05, 3.63) is 77.1 Å². The van der Waals surface area contributed by atoms with Crippen LogP contribution in [0.1, 0.15) is 15.9 Å². The smallest absolute Gasteiger partial charge is 0.268 e. The highest BCUT2D eigenvalue weighted by Crippen LogP contribution is 2.11. The normalized spacial score (nSPS) is 10.7. The van der Waals surface area contributed by atoms with E-state index in [9.17, 15) is 9.59 Å². The average Bonchev–Trinajstić information content (AvgIpc) is 3.19. The maximum atomic E-state index is 12.1. The Labute approximate surface area is 153 Å². The quantitative estimate of drug-likeness (QED) is 0.540. The van der Waals surface area contributed by atoms with Gasteiger partial charge in [0, 0.05) is 16.7 Å². The third-order valence-corrected chi connectivity index (χ3v) is 3.55. The Bertz CT molecular complexity index is 938. The van der Waals surface area contributed by atoms with Crippen molar-refractivity contribution in [3.8, 4) is 5.69 Å². The van der Waals surface area contributed by atoms with Crippen LogP contribution in [-0.4, -0.2) is 32.0 Å². The van der Waals surface area contributed by atoms with Gasteiger partial charge in [-0.3, -0.25) is 20.4 Å². The Morgan fingerprint density at radius 2 is 1.88 bits per heavy atom. The molecule has 0 saturated heterocycles. The zero-order valence-corrected chi connectivity index (χ0v) is 14.1. The number of hydrazine groups is 1. The minimum Gasteiger partial charge on any atom is -0.268 e. The summed E-state index contributed by atoms with van der Waals surface area (Å²) < 4.78 is 1.46. The average molecular weight is 369 g/mol. The van der Waals surface area contributed by atoms with E-state index in [4.69, 9.17) is 11.6 Å². The van der Waals surface area contributed by atoms with Gasteiger partial charge in [-0.15, -0.1) is 5.10 Å². The van der Waals surface area contributed by atoms with E-state index in [0.717, 1.165) is 5.56 Å². The SMILES string of the molecule is O=C(/C=C/c1cccc(Cl)c1)NNC(=O)c1ccc(-n2cnnn2)cc1. The van der Waals surface area contributed by atoms with Crippen LogP contribution in [0.3, 0.4) is 0 Å². The van der Waals surface area contributed by atoms with Gasteiger partial charge in [-0.2, -0.15) is 0 Å². The van der Waals surface area contributed by atoms with Crippen LogP contribution in [0.5, 0.6) is 0 Å². The summed E-state index contributed by atoms with van der Waals surface area (Å²) in [5.74, 6) is -0.915. The number of tetrazole rings is 1. The lowest BCUT2D eigenvalue weighted by molar-refractivity contribution is -0.117. The van der Waals surface area contributed by atoms with Gasteiger partial charge in [0.1, 0.15) is 6.33 Å². The number of benzene rings is 2. The number of hydrogen-bond donors (Lipinski definition) is 2. The van der Waals surface area contributed by atoms with Crippen LogP contribution in [-0.2, 0) is 4.79 Å². The third kappa shape index (κ3) is 4.52. The Hall–Kier alpha value is -3.52. The number of halogens is 1. The first kappa shape index (κ1) is 17.3. The lowest BCUT2D eigenvalue weighted by atomic mass is 10.2. The van der Waals surface area contributed by atoms with Crippen LogP contribution < -0.4 is 10.9 Å². The van der Waals surface area contributed by atoms with E-state index >= 15 is 0 Å². The highest BCUT2D eigenvalue weighted by Gasteiger charge is 2.07. The first-order valence-electron chi connectivity index (χ1n) is 7.49. The molecule has 9 heteroatoms. The molecule has 0 unspecified atom stereocenters. The molecular weight excluding hydrogens is 356 g/mol. The predicted octanol–water partition coefficient (Wildman–Crippen LogP) is 1.79. The van der Waals surface area contributed by atoms with Gasteiger partial charge in [0.25, 0.3) is 11.8 Å².